The van der Waals surface area contributed by atoms with Crippen LogP contribution in [-0.4, -0.2) is 31.1 Å². The van der Waals surface area contributed by atoms with E-state index in [1.165, 1.54) is 50.1 Å². The second kappa shape index (κ2) is 6.79. The van der Waals surface area contributed by atoms with Gasteiger partial charge in [0.2, 0.25) is 0 Å². The predicted molar refractivity (Wildman–Crippen MR) is 79.3 cm³/mol. The second-order valence-electron chi connectivity index (χ2n) is 5.61. The van der Waals surface area contributed by atoms with Crippen molar-refractivity contribution in [3.63, 3.8) is 0 Å². The summed E-state index contributed by atoms with van der Waals surface area (Å²) in [6, 6.07) is 8.81. The first-order valence-corrected chi connectivity index (χ1v) is 7.32. The largest absolute Gasteiger partial charge is 0.385 e. The number of nitrogens with one attached hydrogen (secondary N) is 1. The molecule has 2 heteroatoms. The Morgan fingerprint density at radius 3 is 2.72 bits per heavy atom. The van der Waals surface area contributed by atoms with E-state index in [1.54, 1.807) is 0 Å². The average Bonchev–Trinajstić information content (AvgIpc) is 2.88. The SMILES string of the molecule is CC(C)c1cccc(NCCCN2CCCC2)c1. The standard InChI is InChI=1S/C16H26N2/c1-14(2)15-7-5-8-16(13-15)17-9-6-12-18-10-3-4-11-18/h5,7-8,13-14,17H,3-4,6,9-12H2,1-2H3. The topological polar surface area (TPSA) is 15.3 Å². The third kappa shape index (κ3) is 4.02. The number of rotatable bonds is 6. The minimum Gasteiger partial charge on any atom is -0.385 e. The summed E-state index contributed by atoms with van der Waals surface area (Å²) < 4.78 is 0. The lowest BCUT2D eigenvalue weighted by molar-refractivity contribution is 0.337. The van der Waals surface area contributed by atoms with Gasteiger partial charge in [0.25, 0.3) is 0 Å². The number of nitrogens with zero attached hydrogens (tertiary/aromatic N) is 1. The first-order valence-electron chi connectivity index (χ1n) is 7.32. The van der Waals surface area contributed by atoms with Crippen LogP contribution < -0.4 is 5.32 Å². The fraction of sp³-hybridized carbons (Fsp3) is 0.625. The van der Waals surface area contributed by atoms with Gasteiger partial charge in [-0.15, -0.1) is 0 Å². The highest BCUT2D eigenvalue weighted by atomic mass is 15.1. The lowest BCUT2D eigenvalue weighted by atomic mass is 10.0. The van der Waals surface area contributed by atoms with Crippen molar-refractivity contribution in [1.29, 1.82) is 0 Å². The summed E-state index contributed by atoms with van der Waals surface area (Å²) in [5.41, 5.74) is 2.68. The second-order valence-corrected chi connectivity index (χ2v) is 5.61. The molecule has 1 fully saturated rings. The molecule has 2 nitrogen and oxygen atoms in total. The third-order valence-electron chi connectivity index (χ3n) is 3.73. The molecule has 100 valence electrons. The van der Waals surface area contributed by atoms with Crippen LogP contribution in [0.5, 0.6) is 0 Å². The van der Waals surface area contributed by atoms with E-state index in [9.17, 15) is 0 Å². The maximum atomic E-state index is 3.54. The maximum absolute atomic E-state index is 3.54. The first-order chi connectivity index (χ1) is 8.75. The molecular formula is C16H26N2. The van der Waals surface area contributed by atoms with Crippen LogP contribution in [0, 0.1) is 0 Å². The van der Waals surface area contributed by atoms with Crippen molar-refractivity contribution in [3.05, 3.63) is 29.8 Å². The van der Waals surface area contributed by atoms with Gasteiger partial charge < -0.3 is 10.2 Å². The molecule has 1 aliphatic heterocycles. The number of hydrogen-bond donors (Lipinski definition) is 1. The molecule has 0 radical (unpaired) electrons. The number of benzene rings is 1. The van der Waals surface area contributed by atoms with Gasteiger partial charge in [-0.25, -0.2) is 0 Å². The first kappa shape index (κ1) is 13.4. The molecule has 1 saturated heterocycles. The fourth-order valence-electron chi connectivity index (χ4n) is 2.55. The van der Waals surface area contributed by atoms with Gasteiger partial charge in [0.15, 0.2) is 0 Å². The van der Waals surface area contributed by atoms with Crippen molar-refractivity contribution in [3.8, 4) is 0 Å². The molecule has 1 aromatic carbocycles. The van der Waals surface area contributed by atoms with E-state index in [0.29, 0.717) is 5.92 Å². The Morgan fingerprint density at radius 1 is 1.22 bits per heavy atom. The molecule has 0 spiro atoms. The van der Waals surface area contributed by atoms with Crippen LogP contribution in [-0.2, 0) is 0 Å². The van der Waals surface area contributed by atoms with Crippen molar-refractivity contribution in [2.45, 2.75) is 39.0 Å². The van der Waals surface area contributed by atoms with Crippen molar-refractivity contribution in [2.24, 2.45) is 0 Å². The van der Waals surface area contributed by atoms with E-state index in [2.05, 4.69) is 48.3 Å². The molecule has 1 aromatic rings. The Balaban J connectivity index is 1.70. The number of anilines is 1. The molecule has 0 unspecified atom stereocenters. The molecule has 0 amide bonds. The average molecular weight is 246 g/mol. The van der Waals surface area contributed by atoms with Gasteiger partial charge in [-0.1, -0.05) is 26.0 Å². The molecule has 0 saturated carbocycles. The summed E-state index contributed by atoms with van der Waals surface area (Å²) >= 11 is 0. The normalized spacial score (nSPS) is 16.4. The summed E-state index contributed by atoms with van der Waals surface area (Å²) in [5.74, 6) is 0.608. The Morgan fingerprint density at radius 2 is 2.00 bits per heavy atom. The molecule has 1 aliphatic rings. The highest BCUT2D eigenvalue weighted by Crippen LogP contribution is 2.18. The lowest BCUT2D eigenvalue weighted by Crippen LogP contribution is -2.22. The Labute approximate surface area is 111 Å². The molecule has 0 aromatic heterocycles. The van der Waals surface area contributed by atoms with Gasteiger partial charge in [0.05, 0.1) is 0 Å². The zero-order valence-electron chi connectivity index (χ0n) is 11.8. The highest BCUT2D eigenvalue weighted by molar-refractivity contribution is 5.46. The van der Waals surface area contributed by atoms with E-state index in [1.807, 2.05) is 0 Å². The Bertz CT molecular complexity index is 354. The van der Waals surface area contributed by atoms with Crippen LogP contribution in [0.15, 0.2) is 24.3 Å². The summed E-state index contributed by atoms with van der Waals surface area (Å²) in [4.78, 5) is 2.58. The van der Waals surface area contributed by atoms with Crippen molar-refractivity contribution < 1.29 is 0 Å². The quantitative estimate of drug-likeness (QED) is 0.770. The summed E-state index contributed by atoms with van der Waals surface area (Å²) in [7, 11) is 0. The van der Waals surface area contributed by atoms with E-state index < -0.39 is 0 Å². The van der Waals surface area contributed by atoms with E-state index >= 15 is 0 Å². The fourth-order valence-corrected chi connectivity index (χ4v) is 2.55. The summed E-state index contributed by atoms with van der Waals surface area (Å²) in [5, 5.41) is 3.54. The number of hydrogen-bond acceptors (Lipinski definition) is 2. The summed E-state index contributed by atoms with van der Waals surface area (Å²) in [6.45, 7) is 9.43. The third-order valence-corrected chi connectivity index (χ3v) is 3.73. The monoisotopic (exact) mass is 246 g/mol. The van der Waals surface area contributed by atoms with Crippen molar-refractivity contribution in [1.82, 2.24) is 4.90 Å². The molecule has 1 heterocycles. The molecule has 0 aliphatic carbocycles. The minimum atomic E-state index is 0.608. The van der Waals surface area contributed by atoms with E-state index in [-0.39, 0.29) is 0 Å². The van der Waals surface area contributed by atoms with Gasteiger partial charge in [-0.05, 0) is 62.5 Å². The van der Waals surface area contributed by atoms with Crippen molar-refractivity contribution >= 4 is 5.69 Å². The van der Waals surface area contributed by atoms with E-state index in [4.69, 9.17) is 0 Å². The van der Waals surface area contributed by atoms with Gasteiger partial charge in [-0.2, -0.15) is 0 Å². The maximum Gasteiger partial charge on any atom is 0.0343 e. The Kier molecular flexibility index (Phi) is 5.06. The van der Waals surface area contributed by atoms with E-state index in [0.717, 1.165) is 6.54 Å². The Hall–Kier alpha value is -1.02. The van der Waals surface area contributed by atoms with Gasteiger partial charge in [-0.3, -0.25) is 0 Å². The summed E-state index contributed by atoms with van der Waals surface area (Å²) in [6.07, 6.45) is 4.03. The predicted octanol–water partition coefficient (Wildman–Crippen LogP) is 3.71. The van der Waals surface area contributed by atoms with Crippen LogP contribution in [0.1, 0.15) is 44.6 Å². The van der Waals surface area contributed by atoms with Crippen LogP contribution in [0.2, 0.25) is 0 Å². The molecular weight excluding hydrogens is 220 g/mol. The molecule has 2 rings (SSSR count). The zero-order valence-corrected chi connectivity index (χ0v) is 11.8. The molecule has 0 bridgehead atoms. The molecule has 0 atom stereocenters. The van der Waals surface area contributed by atoms with Gasteiger partial charge in [0, 0.05) is 12.2 Å². The smallest absolute Gasteiger partial charge is 0.0343 e. The highest BCUT2D eigenvalue weighted by Gasteiger charge is 2.09. The van der Waals surface area contributed by atoms with Gasteiger partial charge >= 0.3 is 0 Å². The van der Waals surface area contributed by atoms with Crippen LogP contribution >= 0.6 is 0 Å². The van der Waals surface area contributed by atoms with Crippen molar-refractivity contribution in [2.75, 3.05) is 31.5 Å². The van der Waals surface area contributed by atoms with Crippen LogP contribution in [0.4, 0.5) is 5.69 Å². The van der Waals surface area contributed by atoms with Crippen LogP contribution in [0.3, 0.4) is 0 Å². The lowest BCUT2D eigenvalue weighted by Gasteiger charge is -2.15. The van der Waals surface area contributed by atoms with Gasteiger partial charge in [0.1, 0.15) is 0 Å². The molecule has 18 heavy (non-hydrogen) atoms. The van der Waals surface area contributed by atoms with Crippen LogP contribution in [0.25, 0.3) is 0 Å². The molecule has 1 N–H and O–H groups in total. The zero-order chi connectivity index (χ0) is 12.8. The number of likely N-dealkylation sites (tertiary alicyclic amines) is 1. The minimum absolute atomic E-state index is 0.608.